The molecule has 32 heavy (non-hydrogen) atoms. The van der Waals surface area contributed by atoms with E-state index in [-0.39, 0.29) is 48.4 Å². The third kappa shape index (κ3) is 3.25. The van der Waals surface area contributed by atoms with Crippen molar-refractivity contribution in [1.29, 1.82) is 0 Å². The summed E-state index contributed by atoms with van der Waals surface area (Å²) in [5.74, 6) is -0.0856. The standard InChI is InChI=1S/C23H29N5O4/c1-26-19-17(7-4-11-24-19)20(30)25-23(26)9-13-27(14-10-23)18(29)8-12-28-21(31)15-5-2-3-6-16(15)22(28)32/h4,7,11,15-16H,2-3,5-6,8-10,12-14H2,1H3,(H,25,30)/t15-,16-/m0/s1. The minimum absolute atomic E-state index is 0.0568. The maximum atomic E-state index is 12.9. The normalized spacial score (nSPS) is 26.8. The molecule has 0 bridgehead atoms. The molecular weight excluding hydrogens is 410 g/mol. The lowest BCUT2D eigenvalue weighted by atomic mass is 9.81. The number of amides is 4. The first-order valence-corrected chi connectivity index (χ1v) is 11.6. The zero-order chi connectivity index (χ0) is 22.5. The van der Waals surface area contributed by atoms with E-state index in [1.807, 2.05) is 11.9 Å². The number of imide groups is 1. The van der Waals surface area contributed by atoms with E-state index in [9.17, 15) is 19.2 Å². The first-order chi connectivity index (χ1) is 15.4. The average molecular weight is 440 g/mol. The van der Waals surface area contributed by atoms with Gasteiger partial charge in [-0.3, -0.25) is 24.1 Å². The van der Waals surface area contributed by atoms with Gasteiger partial charge in [0.2, 0.25) is 17.7 Å². The number of hydrogen-bond acceptors (Lipinski definition) is 6. The number of pyridine rings is 1. The quantitative estimate of drug-likeness (QED) is 0.709. The van der Waals surface area contributed by atoms with Crippen LogP contribution in [0.4, 0.5) is 5.82 Å². The second-order valence-electron chi connectivity index (χ2n) is 9.38. The number of anilines is 1. The molecule has 1 aliphatic carbocycles. The summed E-state index contributed by atoms with van der Waals surface area (Å²) in [4.78, 5) is 60.2. The van der Waals surface area contributed by atoms with Crippen LogP contribution in [0.25, 0.3) is 0 Å². The van der Waals surface area contributed by atoms with Crippen molar-refractivity contribution < 1.29 is 19.2 Å². The predicted octanol–water partition coefficient (Wildman–Crippen LogP) is 1.15. The molecule has 1 aromatic rings. The Morgan fingerprint density at radius 2 is 1.78 bits per heavy atom. The monoisotopic (exact) mass is 439 g/mol. The predicted molar refractivity (Wildman–Crippen MR) is 115 cm³/mol. The van der Waals surface area contributed by atoms with Crippen LogP contribution in [-0.2, 0) is 14.4 Å². The van der Waals surface area contributed by atoms with Crippen molar-refractivity contribution in [2.24, 2.45) is 11.8 Å². The van der Waals surface area contributed by atoms with Crippen LogP contribution in [0, 0.1) is 11.8 Å². The van der Waals surface area contributed by atoms with E-state index in [1.165, 1.54) is 4.90 Å². The molecule has 2 saturated heterocycles. The Hall–Kier alpha value is -2.97. The molecule has 1 spiro atoms. The fraction of sp³-hybridized carbons (Fsp3) is 0.609. The van der Waals surface area contributed by atoms with E-state index < -0.39 is 5.66 Å². The first kappa shape index (κ1) is 20.9. The maximum absolute atomic E-state index is 12.9. The lowest BCUT2D eigenvalue weighted by Crippen LogP contribution is -2.67. The van der Waals surface area contributed by atoms with Crippen LogP contribution in [0.1, 0.15) is 55.3 Å². The largest absolute Gasteiger partial charge is 0.342 e. The Bertz CT molecular complexity index is 947. The third-order valence-corrected chi connectivity index (χ3v) is 7.76. The fourth-order valence-electron chi connectivity index (χ4n) is 5.81. The molecule has 0 aromatic carbocycles. The van der Waals surface area contributed by atoms with E-state index >= 15 is 0 Å². The van der Waals surface area contributed by atoms with Gasteiger partial charge >= 0.3 is 0 Å². The van der Waals surface area contributed by atoms with Crippen molar-refractivity contribution in [3.63, 3.8) is 0 Å². The van der Waals surface area contributed by atoms with Gasteiger partial charge in [-0.2, -0.15) is 0 Å². The molecule has 0 radical (unpaired) electrons. The van der Waals surface area contributed by atoms with Gasteiger partial charge in [0.25, 0.3) is 5.91 Å². The summed E-state index contributed by atoms with van der Waals surface area (Å²) in [7, 11) is 1.92. The summed E-state index contributed by atoms with van der Waals surface area (Å²) >= 11 is 0. The number of nitrogens with one attached hydrogen (secondary N) is 1. The Morgan fingerprint density at radius 1 is 1.12 bits per heavy atom. The van der Waals surface area contributed by atoms with Crippen molar-refractivity contribution in [3.05, 3.63) is 23.9 Å². The van der Waals surface area contributed by atoms with Crippen LogP contribution in [0.5, 0.6) is 0 Å². The van der Waals surface area contributed by atoms with Gasteiger partial charge in [-0.15, -0.1) is 0 Å². The summed E-state index contributed by atoms with van der Waals surface area (Å²) < 4.78 is 0. The van der Waals surface area contributed by atoms with Crippen molar-refractivity contribution in [2.45, 2.75) is 50.6 Å². The van der Waals surface area contributed by atoms with Gasteiger partial charge in [0.15, 0.2) is 0 Å². The van der Waals surface area contributed by atoms with E-state index in [0.29, 0.717) is 37.3 Å². The SMILES string of the molecule is CN1c2ncccc2C(=O)NC12CCN(C(=O)CCN1C(=O)[C@H]3CCCC[C@@H]3C1=O)CC2. The molecule has 0 unspecified atom stereocenters. The maximum Gasteiger partial charge on any atom is 0.256 e. The average Bonchev–Trinajstić information content (AvgIpc) is 3.06. The summed E-state index contributed by atoms with van der Waals surface area (Å²) in [6.07, 6.45) is 6.55. The van der Waals surface area contributed by atoms with E-state index in [1.54, 1.807) is 23.2 Å². The molecule has 5 rings (SSSR count). The Labute approximate surface area is 187 Å². The van der Waals surface area contributed by atoms with Crippen LogP contribution in [0.2, 0.25) is 0 Å². The number of aromatic nitrogens is 1. The van der Waals surface area contributed by atoms with Crippen LogP contribution >= 0.6 is 0 Å². The summed E-state index contributed by atoms with van der Waals surface area (Å²) in [6, 6.07) is 3.51. The van der Waals surface area contributed by atoms with E-state index in [2.05, 4.69) is 10.3 Å². The minimum atomic E-state index is -0.564. The molecule has 3 fully saturated rings. The number of likely N-dealkylation sites (tertiary alicyclic amines) is 2. The highest BCUT2D eigenvalue weighted by atomic mass is 16.2. The molecule has 2 atom stereocenters. The lowest BCUT2D eigenvalue weighted by Gasteiger charge is -2.50. The number of rotatable bonds is 3. The first-order valence-electron chi connectivity index (χ1n) is 11.6. The molecular formula is C23H29N5O4. The molecule has 3 aliphatic heterocycles. The molecule has 1 saturated carbocycles. The van der Waals surface area contributed by atoms with Gasteiger partial charge in [0, 0.05) is 52.1 Å². The fourth-order valence-corrected chi connectivity index (χ4v) is 5.81. The summed E-state index contributed by atoms with van der Waals surface area (Å²) in [6.45, 7) is 1.16. The summed E-state index contributed by atoms with van der Waals surface area (Å²) in [5.41, 5.74) is -0.00847. The van der Waals surface area contributed by atoms with Crippen molar-refractivity contribution in [1.82, 2.24) is 20.1 Å². The highest BCUT2D eigenvalue weighted by Crippen LogP contribution is 2.38. The number of hydrogen-bond donors (Lipinski definition) is 1. The summed E-state index contributed by atoms with van der Waals surface area (Å²) in [5, 5.41) is 3.13. The second kappa shape index (κ2) is 7.86. The zero-order valence-electron chi connectivity index (χ0n) is 18.4. The van der Waals surface area contributed by atoms with Gasteiger partial charge in [-0.25, -0.2) is 4.98 Å². The molecule has 170 valence electrons. The molecule has 9 nitrogen and oxygen atoms in total. The second-order valence-corrected chi connectivity index (χ2v) is 9.38. The van der Waals surface area contributed by atoms with Gasteiger partial charge in [0.1, 0.15) is 11.5 Å². The molecule has 9 heteroatoms. The highest BCUT2D eigenvalue weighted by Gasteiger charge is 2.48. The van der Waals surface area contributed by atoms with Gasteiger partial charge in [-0.05, 0) is 25.0 Å². The smallest absolute Gasteiger partial charge is 0.256 e. The lowest BCUT2D eigenvalue weighted by molar-refractivity contribution is -0.141. The topological polar surface area (TPSA) is 103 Å². The third-order valence-electron chi connectivity index (χ3n) is 7.76. The van der Waals surface area contributed by atoms with Crippen LogP contribution in [0.15, 0.2) is 18.3 Å². The zero-order valence-corrected chi connectivity index (χ0v) is 18.4. The van der Waals surface area contributed by atoms with E-state index in [4.69, 9.17) is 0 Å². The van der Waals surface area contributed by atoms with Crippen molar-refractivity contribution >= 4 is 29.4 Å². The van der Waals surface area contributed by atoms with Gasteiger partial charge in [0.05, 0.1) is 17.4 Å². The minimum Gasteiger partial charge on any atom is -0.342 e. The molecule has 1 N–H and O–H groups in total. The molecule has 1 aromatic heterocycles. The number of carbonyl (C=O) groups excluding carboxylic acids is 4. The molecule has 4 heterocycles. The van der Waals surface area contributed by atoms with Gasteiger partial charge in [-0.1, -0.05) is 12.8 Å². The van der Waals surface area contributed by atoms with Crippen molar-refractivity contribution in [2.75, 3.05) is 31.6 Å². The van der Waals surface area contributed by atoms with Gasteiger partial charge < -0.3 is 15.1 Å². The number of piperidine rings is 1. The molecule has 4 amide bonds. The Kier molecular flexibility index (Phi) is 5.14. The Balaban J connectivity index is 1.19. The number of nitrogens with zero attached hydrogens (tertiary/aromatic N) is 4. The van der Waals surface area contributed by atoms with Crippen LogP contribution < -0.4 is 10.2 Å². The molecule has 4 aliphatic rings. The van der Waals surface area contributed by atoms with Crippen LogP contribution in [0.3, 0.4) is 0 Å². The van der Waals surface area contributed by atoms with Crippen LogP contribution in [-0.4, -0.2) is 70.8 Å². The number of fused-ring (bicyclic) bond motifs is 2. The number of carbonyl (C=O) groups is 4. The van der Waals surface area contributed by atoms with Crippen molar-refractivity contribution in [3.8, 4) is 0 Å². The Morgan fingerprint density at radius 3 is 2.44 bits per heavy atom. The van der Waals surface area contributed by atoms with E-state index in [0.717, 1.165) is 25.7 Å². The highest BCUT2D eigenvalue weighted by molar-refractivity contribution is 6.05.